The molecule has 6 rings (SSSR count). The zero-order valence-corrected chi connectivity index (χ0v) is 29.8. The van der Waals surface area contributed by atoms with Gasteiger partial charge in [0.25, 0.3) is 5.97 Å². The minimum absolute atomic E-state index is 0. The van der Waals surface area contributed by atoms with E-state index >= 15 is 0 Å². The molecule has 6 aromatic rings. The van der Waals surface area contributed by atoms with Gasteiger partial charge in [-0.2, -0.15) is 12.1 Å². The van der Waals surface area contributed by atoms with Crippen LogP contribution in [0.4, 0.5) is 0 Å². The quantitative estimate of drug-likeness (QED) is 0.0520. The molecule has 10 nitrogen and oxygen atoms in total. The van der Waals surface area contributed by atoms with E-state index in [9.17, 15) is 19.2 Å². The van der Waals surface area contributed by atoms with Crippen LogP contribution in [-0.4, -0.2) is 37.1 Å². The van der Waals surface area contributed by atoms with E-state index in [4.69, 9.17) is 28.4 Å². The van der Waals surface area contributed by atoms with Gasteiger partial charge in [-0.3, -0.25) is 4.79 Å². The molecule has 0 aromatic heterocycles. The van der Waals surface area contributed by atoms with E-state index in [1.807, 2.05) is 13.8 Å². The average molecular weight is 755 g/mol. The molecule has 0 atom stereocenters. The molecule has 0 aliphatic carbocycles. The Balaban J connectivity index is 0.000000232. The predicted octanol–water partition coefficient (Wildman–Crippen LogP) is 8.48. The molecule has 0 spiro atoms. The van der Waals surface area contributed by atoms with Crippen LogP contribution in [0.15, 0.2) is 146 Å². The van der Waals surface area contributed by atoms with Gasteiger partial charge < -0.3 is 63.0 Å². The number of ether oxygens (including phenoxy) is 6. The molecule has 0 heterocycles. The molecule has 276 valence electrons. The van der Waals surface area contributed by atoms with Gasteiger partial charge in [0.1, 0.15) is 28.7 Å². The van der Waals surface area contributed by atoms with Gasteiger partial charge in [-0.1, -0.05) is 11.5 Å². The summed E-state index contributed by atoms with van der Waals surface area (Å²) in [6, 6.07) is 39.7. The van der Waals surface area contributed by atoms with Crippen molar-refractivity contribution >= 4 is 23.9 Å². The van der Waals surface area contributed by atoms with E-state index in [0.717, 1.165) is 0 Å². The molecule has 0 unspecified atom stereocenters. The molecule has 53 heavy (non-hydrogen) atoms. The van der Waals surface area contributed by atoms with Crippen molar-refractivity contribution in [3.63, 3.8) is 0 Å². The number of carbonyl (C=O) groups is 4. The van der Waals surface area contributed by atoms with E-state index in [2.05, 4.69) is 0 Å². The maximum absolute atomic E-state index is 12.2. The molecule has 0 saturated carbocycles. The molecule has 0 amide bonds. The third-order valence-corrected chi connectivity index (χ3v) is 7.09. The number of benzene rings is 4. The molecule has 0 bridgehead atoms. The Labute approximate surface area is 317 Å². The van der Waals surface area contributed by atoms with Gasteiger partial charge >= 0.3 is 11.9 Å². The molecule has 0 fully saturated rings. The summed E-state index contributed by atoms with van der Waals surface area (Å²) in [5.41, 5.74) is 1.80. The molecule has 0 saturated heterocycles. The smallest absolute Gasteiger partial charge is 0.343 e. The predicted molar refractivity (Wildman–Crippen MR) is 192 cm³/mol. The summed E-state index contributed by atoms with van der Waals surface area (Å²) < 4.78 is 31.8. The van der Waals surface area contributed by atoms with Gasteiger partial charge in [0.15, 0.2) is 0 Å². The van der Waals surface area contributed by atoms with Crippen molar-refractivity contribution < 1.29 is 64.7 Å². The Morgan fingerprint density at radius 1 is 0.491 bits per heavy atom. The summed E-state index contributed by atoms with van der Waals surface area (Å²) in [4.78, 5) is 48.1. The Kier molecular flexibility index (Phi) is 14.7. The fourth-order valence-electron chi connectivity index (χ4n) is 4.54. The van der Waals surface area contributed by atoms with Crippen molar-refractivity contribution in [3.8, 4) is 34.5 Å². The van der Waals surface area contributed by atoms with Crippen LogP contribution in [0.2, 0.25) is 0 Å². The van der Waals surface area contributed by atoms with Crippen molar-refractivity contribution in [1.82, 2.24) is 0 Å². The SMILES string of the molecule is CCOc1ccc(C(=O)Oc2ccc(OC(=O)[c-]3[cH-][cH-][cH-][cH-]3)cc2)cc1.CCOc1ccc(C(=O)Oc2ccc(OC(=O)[c-]3cccc3)cc2)cc1.[Fe]. The van der Waals surface area contributed by atoms with Crippen LogP contribution < -0.4 is 28.4 Å². The Hall–Kier alpha value is -6.42. The molecule has 11 heteroatoms. The number of rotatable bonds is 12. The standard InChI is InChI=1S/2C21H17O5.Fe/c2*1-2-24-17-9-7-16(8-10-17)21(23)26-19-13-11-18(12-14-19)25-20(22)15-5-3-4-6-15;/h2*3-14H,2H2,1H3;/q-5;-1;. The van der Waals surface area contributed by atoms with Gasteiger partial charge in [0.05, 0.1) is 30.1 Å². The average Bonchev–Trinajstić information content (AvgIpc) is 3.91. The van der Waals surface area contributed by atoms with Crippen LogP contribution in [0.5, 0.6) is 34.5 Å². The second-order valence-electron chi connectivity index (χ2n) is 10.8. The first-order valence-electron chi connectivity index (χ1n) is 16.3. The van der Waals surface area contributed by atoms with Crippen molar-refractivity contribution in [2.75, 3.05) is 13.2 Å². The van der Waals surface area contributed by atoms with Gasteiger partial charge in [-0.05, 0) is 111 Å². The largest absolute Gasteiger partial charge is 0.680 e. The number of hydrogen-bond acceptors (Lipinski definition) is 10. The zero-order valence-electron chi connectivity index (χ0n) is 28.7. The van der Waals surface area contributed by atoms with Gasteiger partial charge in [-0.25, -0.2) is 21.7 Å². The summed E-state index contributed by atoms with van der Waals surface area (Å²) in [7, 11) is 0. The molecular weight excluding hydrogens is 720 g/mol. The number of hydrogen-bond donors (Lipinski definition) is 0. The van der Waals surface area contributed by atoms with Gasteiger partial charge in [-0.15, -0.1) is 0 Å². The zero-order chi connectivity index (χ0) is 36.7. The van der Waals surface area contributed by atoms with Crippen molar-refractivity contribution in [2.24, 2.45) is 0 Å². The van der Waals surface area contributed by atoms with Crippen LogP contribution in [0.25, 0.3) is 0 Å². The molecule has 6 aromatic carbocycles. The summed E-state index contributed by atoms with van der Waals surface area (Å²) in [6.45, 7) is 4.91. The van der Waals surface area contributed by atoms with Gasteiger partial charge in [0.2, 0.25) is 0 Å². The van der Waals surface area contributed by atoms with Gasteiger partial charge in [0, 0.05) is 17.1 Å². The van der Waals surface area contributed by atoms with Crippen LogP contribution in [0.3, 0.4) is 0 Å². The third kappa shape index (κ3) is 11.8. The second-order valence-corrected chi connectivity index (χ2v) is 10.8. The first-order valence-corrected chi connectivity index (χ1v) is 16.3. The Morgan fingerprint density at radius 3 is 1.21 bits per heavy atom. The van der Waals surface area contributed by atoms with Crippen molar-refractivity contribution in [2.45, 2.75) is 13.8 Å². The number of esters is 4. The summed E-state index contributed by atoms with van der Waals surface area (Å²) in [5.74, 6) is 1.02. The normalized spacial score (nSPS) is 10.0. The summed E-state index contributed by atoms with van der Waals surface area (Å²) in [6.07, 6.45) is 0. The number of carbonyl (C=O) groups excluding carboxylic acids is 4. The van der Waals surface area contributed by atoms with E-state index in [1.165, 1.54) is 0 Å². The molecular formula is C42H34FeO10-6. The first-order chi connectivity index (χ1) is 25.3. The third-order valence-electron chi connectivity index (χ3n) is 7.09. The minimum atomic E-state index is -0.477. The molecule has 0 N–H and O–H groups in total. The van der Waals surface area contributed by atoms with Crippen molar-refractivity contribution in [3.05, 3.63) is 168 Å². The molecule has 0 radical (unpaired) electrons. The maximum atomic E-state index is 12.2. The Bertz CT molecular complexity index is 1880. The molecule has 0 aliphatic rings. The fraction of sp³-hybridized carbons (Fsp3) is 0.0952. The first kappa shape index (κ1) is 39.4. The van der Waals surface area contributed by atoms with E-state index < -0.39 is 23.9 Å². The summed E-state index contributed by atoms with van der Waals surface area (Å²) in [5, 5.41) is 0. The monoisotopic (exact) mass is 754 g/mol. The van der Waals surface area contributed by atoms with Crippen LogP contribution in [0, 0.1) is 0 Å². The second kappa shape index (κ2) is 19.8. The topological polar surface area (TPSA) is 124 Å². The Morgan fingerprint density at radius 2 is 0.830 bits per heavy atom. The van der Waals surface area contributed by atoms with Crippen LogP contribution >= 0.6 is 0 Å². The van der Waals surface area contributed by atoms with Crippen LogP contribution in [0.1, 0.15) is 55.3 Å². The molecule has 0 aliphatic heterocycles. The van der Waals surface area contributed by atoms with E-state index in [-0.39, 0.29) is 17.1 Å². The fourth-order valence-corrected chi connectivity index (χ4v) is 4.54. The minimum Gasteiger partial charge on any atom is -0.680 e. The van der Waals surface area contributed by atoms with E-state index in [1.54, 1.807) is 146 Å². The maximum Gasteiger partial charge on any atom is 0.343 e. The van der Waals surface area contributed by atoms with Crippen molar-refractivity contribution in [1.29, 1.82) is 0 Å². The summed E-state index contributed by atoms with van der Waals surface area (Å²) >= 11 is 0. The van der Waals surface area contributed by atoms with E-state index in [0.29, 0.717) is 70.0 Å². The van der Waals surface area contributed by atoms with Crippen LogP contribution in [-0.2, 0) is 17.1 Å².